The second-order valence-electron chi connectivity index (χ2n) is 4.95. The Hall–Kier alpha value is -2.60. The highest BCUT2D eigenvalue weighted by atomic mass is 16.6. The van der Waals surface area contributed by atoms with E-state index >= 15 is 0 Å². The molecule has 2 aromatic carbocycles. The van der Waals surface area contributed by atoms with Crippen molar-refractivity contribution >= 4 is 5.69 Å². The fourth-order valence-electron chi connectivity index (χ4n) is 1.78. The number of nitro groups is 1. The minimum absolute atomic E-state index is 0.0937. The van der Waals surface area contributed by atoms with E-state index < -0.39 is 4.92 Å². The van der Waals surface area contributed by atoms with Crippen LogP contribution >= 0.6 is 0 Å². The lowest BCUT2D eigenvalue weighted by Crippen LogP contribution is -2.19. The number of para-hydroxylation sites is 1. The molecule has 0 amide bonds. The van der Waals surface area contributed by atoms with E-state index in [1.165, 1.54) is 6.07 Å². The summed E-state index contributed by atoms with van der Waals surface area (Å²) in [6, 6.07) is 13.4. The van der Waals surface area contributed by atoms with E-state index in [1.807, 2.05) is 25.1 Å². The maximum absolute atomic E-state index is 11.1. The summed E-state index contributed by atoms with van der Waals surface area (Å²) in [4.78, 5) is 12.6. The Morgan fingerprint density at radius 3 is 2.45 bits per heavy atom. The average Bonchev–Trinajstić information content (AvgIpc) is 2.48. The molecule has 2 aromatic rings. The number of hydrogen-bond acceptors (Lipinski definition) is 5. The standard InChI is InChI=1S/C16H18N2O4/c1-17(2)10-11-21-14-8-9-15(18(19)20)16(12-14)22-13-6-4-3-5-7-13/h3-9,12H,10-11H2,1-2H3. The molecule has 0 saturated carbocycles. The number of hydrogen-bond donors (Lipinski definition) is 0. The minimum Gasteiger partial charge on any atom is -0.492 e. The molecule has 0 aliphatic heterocycles. The van der Waals surface area contributed by atoms with Crippen molar-refractivity contribution in [2.75, 3.05) is 27.2 Å². The third-order valence-electron chi connectivity index (χ3n) is 2.91. The molecule has 0 bridgehead atoms. The Balaban J connectivity index is 2.18. The van der Waals surface area contributed by atoms with E-state index in [-0.39, 0.29) is 11.4 Å². The van der Waals surface area contributed by atoms with Crippen LogP contribution in [-0.2, 0) is 0 Å². The molecule has 0 N–H and O–H groups in total. The summed E-state index contributed by atoms with van der Waals surface area (Å²) in [5.41, 5.74) is -0.0937. The Morgan fingerprint density at radius 2 is 1.82 bits per heavy atom. The first-order valence-corrected chi connectivity index (χ1v) is 6.85. The predicted octanol–water partition coefficient (Wildman–Crippen LogP) is 3.33. The van der Waals surface area contributed by atoms with Crippen LogP contribution in [0.25, 0.3) is 0 Å². The van der Waals surface area contributed by atoms with E-state index in [4.69, 9.17) is 9.47 Å². The summed E-state index contributed by atoms with van der Waals surface area (Å²) in [7, 11) is 3.90. The minimum atomic E-state index is -0.470. The molecule has 22 heavy (non-hydrogen) atoms. The topological polar surface area (TPSA) is 64.8 Å². The zero-order chi connectivity index (χ0) is 15.9. The van der Waals surface area contributed by atoms with Crippen LogP contribution in [0.2, 0.25) is 0 Å². The highest BCUT2D eigenvalue weighted by molar-refractivity contribution is 5.52. The molecule has 0 heterocycles. The van der Waals surface area contributed by atoms with Crippen molar-refractivity contribution in [2.45, 2.75) is 0 Å². The molecule has 116 valence electrons. The summed E-state index contributed by atoms with van der Waals surface area (Å²) in [5.74, 6) is 1.24. The van der Waals surface area contributed by atoms with Crippen molar-refractivity contribution in [3.63, 3.8) is 0 Å². The van der Waals surface area contributed by atoms with E-state index in [9.17, 15) is 10.1 Å². The summed E-state index contributed by atoms with van der Waals surface area (Å²) < 4.78 is 11.2. The first-order valence-electron chi connectivity index (χ1n) is 6.85. The zero-order valence-corrected chi connectivity index (χ0v) is 12.6. The highest BCUT2D eigenvalue weighted by Gasteiger charge is 2.17. The number of nitrogens with zero attached hydrogens (tertiary/aromatic N) is 2. The largest absolute Gasteiger partial charge is 0.492 e. The smallest absolute Gasteiger partial charge is 0.311 e. The van der Waals surface area contributed by atoms with Crippen LogP contribution in [0.4, 0.5) is 5.69 Å². The molecular weight excluding hydrogens is 284 g/mol. The molecule has 0 aliphatic rings. The fraction of sp³-hybridized carbons (Fsp3) is 0.250. The molecule has 2 rings (SSSR count). The number of rotatable bonds is 7. The lowest BCUT2D eigenvalue weighted by molar-refractivity contribution is -0.385. The van der Waals surface area contributed by atoms with Gasteiger partial charge in [0.2, 0.25) is 5.75 Å². The first kappa shape index (κ1) is 15.8. The second kappa shape index (κ2) is 7.42. The second-order valence-corrected chi connectivity index (χ2v) is 4.95. The number of nitro benzene ring substituents is 1. The van der Waals surface area contributed by atoms with Gasteiger partial charge in [-0.15, -0.1) is 0 Å². The van der Waals surface area contributed by atoms with Gasteiger partial charge in [-0.2, -0.15) is 0 Å². The SMILES string of the molecule is CN(C)CCOc1ccc([N+](=O)[O-])c(Oc2ccccc2)c1. The maximum atomic E-state index is 11.1. The van der Waals surface area contributed by atoms with E-state index in [1.54, 1.807) is 36.4 Å². The summed E-state index contributed by atoms with van der Waals surface area (Å²) >= 11 is 0. The van der Waals surface area contributed by atoms with Crippen LogP contribution in [0.3, 0.4) is 0 Å². The Bertz CT molecular complexity index is 629. The van der Waals surface area contributed by atoms with Crippen LogP contribution in [-0.4, -0.2) is 37.1 Å². The van der Waals surface area contributed by atoms with Crippen molar-refractivity contribution in [2.24, 2.45) is 0 Å². The van der Waals surface area contributed by atoms with Gasteiger partial charge in [-0.1, -0.05) is 18.2 Å². The first-order chi connectivity index (χ1) is 10.6. The maximum Gasteiger partial charge on any atom is 0.311 e. The Morgan fingerprint density at radius 1 is 1.09 bits per heavy atom. The monoisotopic (exact) mass is 302 g/mol. The molecule has 6 heteroatoms. The molecule has 0 saturated heterocycles. The van der Waals surface area contributed by atoms with Crippen LogP contribution in [0.5, 0.6) is 17.2 Å². The lowest BCUT2D eigenvalue weighted by Gasteiger charge is -2.12. The average molecular weight is 302 g/mol. The van der Waals surface area contributed by atoms with E-state index in [0.717, 1.165) is 6.54 Å². The van der Waals surface area contributed by atoms with Crippen molar-refractivity contribution < 1.29 is 14.4 Å². The van der Waals surface area contributed by atoms with Gasteiger partial charge in [-0.25, -0.2) is 0 Å². The zero-order valence-electron chi connectivity index (χ0n) is 12.6. The Labute approximate surface area is 129 Å². The summed E-state index contributed by atoms with van der Waals surface area (Å²) in [5, 5.41) is 11.1. The number of likely N-dealkylation sites (N-methyl/N-ethyl adjacent to an activating group) is 1. The molecule has 0 radical (unpaired) electrons. The lowest BCUT2D eigenvalue weighted by atomic mass is 10.2. The molecule has 0 aromatic heterocycles. The van der Waals surface area contributed by atoms with Gasteiger partial charge >= 0.3 is 5.69 Å². The molecule has 6 nitrogen and oxygen atoms in total. The van der Waals surface area contributed by atoms with Gasteiger partial charge < -0.3 is 14.4 Å². The summed E-state index contributed by atoms with van der Waals surface area (Å²) in [6.45, 7) is 1.25. The number of ether oxygens (including phenoxy) is 2. The Kier molecular flexibility index (Phi) is 5.32. The van der Waals surface area contributed by atoms with Crippen LogP contribution in [0, 0.1) is 10.1 Å². The van der Waals surface area contributed by atoms with E-state index in [2.05, 4.69) is 0 Å². The van der Waals surface area contributed by atoms with Gasteiger partial charge in [-0.3, -0.25) is 10.1 Å². The third-order valence-corrected chi connectivity index (χ3v) is 2.91. The van der Waals surface area contributed by atoms with Crippen molar-refractivity contribution in [1.29, 1.82) is 0 Å². The fourth-order valence-corrected chi connectivity index (χ4v) is 1.78. The summed E-state index contributed by atoms with van der Waals surface area (Å²) in [6.07, 6.45) is 0. The van der Waals surface area contributed by atoms with Gasteiger partial charge in [0.05, 0.1) is 4.92 Å². The van der Waals surface area contributed by atoms with Gasteiger partial charge in [0.1, 0.15) is 18.1 Å². The quantitative estimate of drug-likeness (QED) is 0.580. The van der Waals surface area contributed by atoms with Crippen molar-refractivity contribution in [3.05, 3.63) is 58.6 Å². The van der Waals surface area contributed by atoms with Gasteiger partial charge in [0.25, 0.3) is 0 Å². The van der Waals surface area contributed by atoms with Gasteiger partial charge in [0.15, 0.2) is 0 Å². The molecular formula is C16H18N2O4. The van der Waals surface area contributed by atoms with Gasteiger partial charge in [-0.05, 0) is 32.3 Å². The normalized spacial score (nSPS) is 10.5. The molecule has 0 fully saturated rings. The third kappa shape index (κ3) is 4.46. The highest BCUT2D eigenvalue weighted by Crippen LogP contribution is 2.34. The van der Waals surface area contributed by atoms with Crippen molar-refractivity contribution in [1.82, 2.24) is 4.90 Å². The molecule has 0 spiro atoms. The van der Waals surface area contributed by atoms with Crippen LogP contribution in [0.1, 0.15) is 0 Å². The van der Waals surface area contributed by atoms with Gasteiger partial charge in [0, 0.05) is 18.7 Å². The predicted molar refractivity (Wildman–Crippen MR) is 83.7 cm³/mol. The number of benzene rings is 2. The molecule has 0 unspecified atom stereocenters. The molecule has 0 aliphatic carbocycles. The van der Waals surface area contributed by atoms with Crippen LogP contribution < -0.4 is 9.47 Å². The van der Waals surface area contributed by atoms with Crippen molar-refractivity contribution in [3.8, 4) is 17.2 Å². The van der Waals surface area contributed by atoms with Crippen LogP contribution in [0.15, 0.2) is 48.5 Å². The van der Waals surface area contributed by atoms with E-state index in [0.29, 0.717) is 18.1 Å². The molecule has 0 atom stereocenters.